The normalized spacial score (nSPS) is 14.6. The summed E-state index contributed by atoms with van der Waals surface area (Å²) < 4.78 is 2.58. The van der Waals surface area contributed by atoms with Crippen molar-refractivity contribution in [2.24, 2.45) is 7.05 Å². The summed E-state index contributed by atoms with van der Waals surface area (Å²) in [5, 5.41) is 4.47. The quantitative estimate of drug-likeness (QED) is 0.873. The zero-order valence-electron chi connectivity index (χ0n) is 10.1. The van der Waals surface area contributed by atoms with Crippen LogP contribution in [-0.4, -0.2) is 15.5 Å². The second kappa shape index (κ2) is 4.63. The molecule has 1 aliphatic heterocycles. The third-order valence-electron chi connectivity index (χ3n) is 3.21. The number of hydrogen-bond acceptors (Lipinski definition) is 3. The first-order chi connectivity index (χ1) is 8.66. The molecule has 0 saturated heterocycles. The summed E-state index contributed by atoms with van der Waals surface area (Å²) >= 11 is 5.46. The Morgan fingerprint density at radius 3 is 3.00 bits per heavy atom. The summed E-state index contributed by atoms with van der Waals surface area (Å²) in [5.41, 5.74) is 9.42. The van der Waals surface area contributed by atoms with Crippen molar-refractivity contribution in [1.29, 1.82) is 0 Å². The van der Waals surface area contributed by atoms with Crippen LogP contribution < -0.4 is 5.73 Å². The monoisotopic (exact) mass is 323 g/mol. The van der Waals surface area contributed by atoms with Crippen LogP contribution in [0.3, 0.4) is 0 Å². The predicted molar refractivity (Wildman–Crippen MR) is 79.8 cm³/mol. The molecule has 3 nitrogen and oxygen atoms in total. The van der Waals surface area contributed by atoms with Crippen molar-refractivity contribution < 1.29 is 0 Å². The molecular formula is C13H14BrN3S. The van der Waals surface area contributed by atoms with Crippen molar-refractivity contribution in [1.82, 2.24) is 9.78 Å². The zero-order valence-corrected chi connectivity index (χ0v) is 12.5. The van der Waals surface area contributed by atoms with Crippen LogP contribution in [0.5, 0.6) is 0 Å². The summed E-state index contributed by atoms with van der Waals surface area (Å²) in [4.78, 5) is 1.41. The van der Waals surface area contributed by atoms with Gasteiger partial charge in [0.25, 0.3) is 0 Å². The van der Waals surface area contributed by atoms with Gasteiger partial charge in [0.2, 0.25) is 0 Å². The lowest BCUT2D eigenvalue weighted by Gasteiger charge is -2.15. The lowest BCUT2D eigenvalue weighted by atomic mass is 10.0. The molecule has 94 valence electrons. The number of thioether (sulfide) groups is 1. The molecule has 1 aromatic heterocycles. The van der Waals surface area contributed by atoms with Gasteiger partial charge in [-0.3, -0.25) is 4.68 Å². The van der Waals surface area contributed by atoms with Crippen molar-refractivity contribution in [3.63, 3.8) is 0 Å². The molecule has 1 aromatic carbocycles. The van der Waals surface area contributed by atoms with Crippen LogP contribution in [0.1, 0.15) is 12.0 Å². The van der Waals surface area contributed by atoms with E-state index >= 15 is 0 Å². The van der Waals surface area contributed by atoms with E-state index < -0.39 is 0 Å². The van der Waals surface area contributed by atoms with Gasteiger partial charge in [-0.2, -0.15) is 5.10 Å². The average molecular weight is 324 g/mol. The van der Waals surface area contributed by atoms with Crippen molar-refractivity contribution in [3.8, 4) is 11.3 Å². The van der Waals surface area contributed by atoms with Gasteiger partial charge in [0, 0.05) is 17.5 Å². The number of benzene rings is 1. The molecule has 0 amide bonds. The minimum atomic E-state index is 0.664. The van der Waals surface area contributed by atoms with E-state index in [1.807, 2.05) is 18.8 Å². The van der Waals surface area contributed by atoms with Crippen LogP contribution in [-0.2, 0) is 13.5 Å². The van der Waals surface area contributed by atoms with Crippen molar-refractivity contribution in [2.75, 3.05) is 11.5 Å². The highest BCUT2D eigenvalue weighted by Gasteiger charge is 2.16. The smallest absolute Gasteiger partial charge is 0.136 e. The number of fused-ring (bicyclic) bond motifs is 1. The fourth-order valence-corrected chi connectivity index (χ4v) is 3.79. The maximum Gasteiger partial charge on any atom is 0.136 e. The van der Waals surface area contributed by atoms with E-state index in [2.05, 4.69) is 39.2 Å². The van der Waals surface area contributed by atoms with Crippen molar-refractivity contribution in [3.05, 3.63) is 28.2 Å². The van der Waals surface area contributed by atoms with E-state index in [-0.39, 0.29) is 0 Å². The Hall–Kier alpha value is -0.940. The van der Waals surface area contributed by atoms with Gasteiger partial charge in [0.05, 0.1) is 4.47 Å². The fourth-order valence-electron chi connectivity index (χ4n) is 2.20. The van der Waals surface area contributed by atoms with Crippen LogP contribution in [0, 0.1) is 0 Å². The number of aromatic nitrogens is 2. The highest BCUT2D eigenvalue weighted by atomic mass is 79.9. The number of halogens is 1. The van der Waals surface area contributed by atoms with Crippen LogP contribution in [0.25, 0.3) is 11.3 Å². The Morgan fingerprint density at radius 1 is 1.44 bits per heavy atom. The first-order valence-electron chi connectivity index (χ1n) is 5.91. The van der Waals surface area contributed by atoms with Gasteiger partial charge in [-0.25, -0.2) is 0 Å². The molecule has 0 spiro atoms. The first-order valence-corrected chi connectivity index (χ1v) is 7.69. The molecular weight excluding hydrogens is 310 g/mol. The van der Waals surface area contributed by atoms with Crippen LogP contribution >= 0.6 is 27.7 Å². The minimum Gasteiger partial charge on any atom is -0.383 e. The molecule has 0 atom stereocenters. The number of nitrogens with zero attached hydrogens (tertiary/aromatic N) is 2. The third kappa shape index (κ3) is 1.95. The molecule has 5 heteroatoms. The molecule has 2 aromatic rings. The van der Waals surface area contributed by atoms with E-state index in [0.717, 1.165) is 22.2 Å². The Labute approximate surface area is 119 Å². The highest BCUT2D eigenvalue weighted by molar-refractivity contribution is 9.10. The van der Waals surface area contributed by atoms with E-state index in [1.165, 1.54) is 22.6 Å². The molecule has 0 radical (unpaired) electrons. The SMILES string of the molecule is Cn1nc(-c2ccc3c(c2)CCCS3)c(Br)c1N. The number of nitrogens with two attached hydrogens (primary N) is 1. The summed E-state index contributed by atoms with van der Waals surface area (Å²) in [5.74, 6) is 1.89. The lowest BCUT2D eigenvalue weighted by molar-refractivity contribution is 0.782. The summed E-state index contributed by atoms with van der Waals surface area (Å²) in [6.45, 7) is 0. The molecule has 0 fully saturated rings. The van der Waals surface area contributed by atoms with Gasteiger partial charge in [-0.05, 0) is 52.2 Å². The molecule has 1 aliphatic rings. The number of rotatable bonds is 1. The van der Waals surface area contributed by atoms with Crippen LogP contribution in [0.2, 0.25) is 0 Å². The fraction of sp³-hybridized carbons (Fsp3) is 0.308. The molecule has 0 unspecified atom stereocenters. The summed E-state index contributed by atoms with van der Waals surface area (Å²) in [7, 11) is 1.86. The van der Waals surface area contributed by atoms with Crippen LogP contribution in [0.4, 0.5) is 5.82 Å². The first kappa shape index (κ1) is 12.1. The second-order valence-electron chi connectivity index (χ2n) is 4.45. The van der Waals surface area contributed by atoms with Crippen molar-refractivity contribution in [2.45, 2.75) is 17.7 Å². The Bertz CT molecular complexity index is 607. The van der Waals surface area contributed by atoms with Gasteiger partial charge in [0.1, 0.15) is 11.5 Å². The largest absolute Gasteiger partial charge is 0.383 e. The molecule has 3 rings (SSSR count). The third-order valence-corrected chi connectivity index (χ3v) is 5.20. The van der Waals surface area contributed by atoms with E-state index in [4.69, 9.17) is 5.73 Å². The highest BCUT2D eigenvalue weighted by Crippen LogP contribution is 2.36. The van der Waals surface area contributed by atoms with Gasteiger partial charge in [-0.15, -0.1) is 11.8 Å². The van der Waals surface area contributed by atoms with E-state index in [9.17, 15) is 0 Å². The lowest BCUT2D eigenvalue weighted by Crippen LogP contribution is -1.98. The topological polar surface area (TPSA) is 43.8 Å². The second-order valence-corrected chi connectivity index (χ2v) is 6.38. The molecule has 2 heterocycles. The molecule has 2 N–H and O–H groups in total. The predicted octanol–water partition coefficient (Wildman–Crippen LogP) is 3.47. The number of nitrogen functional groups attached to an aromatic ring is 1. The Balaban J connectivity index is 2.09. The van der Waals surface area contributed by atoms with Gasteiger partial charge in [0.15, 0.2) is 0 Å². The molecule has 18 heavy (non-hydrogen) atoms. The van der Waals surface area contributed by atoms with E-state index in [0.29, 0.717) is 5.82 Å². The van der Waals surface area contributed by atoms with Gasteiger partial charge >= 0.3 is 0 Å². The molecule has 0 aliphatic carbocycles. The maximum absolute atomic E-state index is 5.93. The van der Waals surface area contributed by atoms with E-state index in [1.54, 1.807) is 4.68 Å². The molecule has 0 saturated carbocycles. The number of aryl methyl sites for hydroxylation is 2. The Morgan fingerprint density at radius 2 is 2.28 bits per heavy atom. The average Bonchev–Trinajstić information content (AvgIpc) is 2.66. The Kier molecular flexibility index (Phi) is 3.11. The maximum atomic E-state index is 5.93. The summed E-state index contributed by atoms with van der Waals surface area (Å²) in [6, 6.07) is 6.57. The summed E-state index contributed by atoms with van der Waals surface area (Å²) in [6.07, 6.45) is 2.42. The zero-order chi connectivity index (χ0) is 12.7. The standard InChI is InChI=1S/C13H14BrN3S/c1-17-13(15)11(14)12(16-17)9-4-5-10-8(7-9)3-2-6-18-10/h4-5,7H,2-3,6,15H2,1H3. The minimum absolute atomic E-state index is 0.664. The van der Waals surface area contributed by atoms with Gasteiger partial charge < -0.3 is 5.73 Å². The van der Waals surface area contributed by atoms with Crippen LogP contribution in [0.15, 0.2) is 27.6 Å². The number of hydrogen-bond donors (Lipinski definition) is 1. The van der Waals surface area contributed by atoms with Gasteiger partial charge in [-0.1, -0.05) is 6.07 Å². The molecule has 0 bridgehead atoms. The number of anilines is 1. The van der Waals surface area contributed by atoms with Crippen molar-refractivity contribution >= 4 is 33.5 Å².